The van der Waals surface area contributed by atoms with Gasteiger partial charge in [0, 0.05) is 29.8 Å². The monoisotopic (exact) mass is 335 g/mol. The molecule has 0 spiro atoms. The van der Waals surface area contributed by atoms with E-state index in [1.807, 2.05) is 20.8 Å². The zero-order valence-electron chi connectivity index (χ0n) is 12.7. The molecule has 0 bridgehead atoms. The second-order valence-electron chi connectivity index (χ2n) is 6.24. The first-order valence-electron chi connectivity index (χ1n) is 6.33. The molecule has 0 aliphatic rings. The molecular weight excluding hydrogens is 317 g/mol. The van der Waals surface area contributed by atoms with Crippen molar-refractivity contribution in [2.45, 2.75) is 32.6 Å². The van der Waals surface area contributed by atoms with E-state index in [9.17, 15) is 17.6 Å². The zero-order chi connectivity index (χ0) is 16.6. The molecule has 1 aromatic carbocycles. The lowest BCUT2D eigenvalue weighted by Gasteiger charge is -2.27. The Hall–Kier alpha value is -1.14. The van der Waals surface area contributed by atoms with Crippen LogP contribution in [0.1, 0.15) is 36.7 Å². The number of rotatable bonds is 3. The maximum Gasteiger partial charge on any atom is 0.261 e. The van der Waals surface area contributed by atoms with Gasteiger partial charge in [-0.2, -0.15) is 0 Å². The van der Waals surface area contributed by atoms with Gasteiger partial charge >= 0.3 is 0 Å². The summed E-state index contributed by atoms with van der Waals surface area (Å²) >= 11 is 0. The van der Waals surface area contributed by atoms with Crippen LogP contribution < -0.4 is 0 Å². The molecule has 21 heavy (non-hydrogen) atoms. The van der Waals surface area contributed by atoms with E-state index in [1.165, 1.54) is 11.8 Å². The van der Waals surface area contributed by atoms with Crippen LogP contribution in [0.2, 0.25) is 0 Å². The highest BCUT2D eigenvalue weighted by Gasteiger charge is 2.24. The smallest absolute Gasteiger partial charge is 0.261 e. The van der Waals surface area contributed by atoms with Gasteiger partial charge in [-0.25, -0.2) is 12.8 Å². The van der Waals surface area contributed by atoms with Crippen molar-refractivity contribution in [3.8, 4) is 0 Å². The Balaban J connectivity index is 3.32. The molecule has 0 saturated heterocycles. The van der Waals surface area contributed by atoms with Crippen LogP contribution in [-0.4, -0.2) is 32.8 Å². The summed E-state index contributed by atoms with van der Waals surface area (Å²) in [7, 11) is 2.76. The Morgan fingerprint density at radius 2 is 1.86 bits per heavy atom. The van der Waals surface area contributed by atoms with E-state index in [0.717, 1.165) is 12.1 Å². The number of carbonyl (C=O) groups excluding carboxylic acids is 1. The Bertz CT molecular complexity index is 666. The molecular formula is C14H19ClFNO3S. The third kappa shape index (κ3) is 4.68. The summed E-state index contributed by atoms with van der Waals surface area (Å²) in [6.45, 7) is 7.77. The largest absolute Gasteiger partial charge is 0.341 e. The predicted octanol–water partition coefficient (Wildman–Crippen LogP) is 3.18. The Morgan fingerprint density at radius 1 is 1.33 bits per heavy atom. The van der Waals surface area contributed by atoms with Crippen LogP contribution in [0.15, 0.2) is 17.0 Å². The Labute approximate surface area is 129 Å². The average molecular weight is 336 g/mol. The second kappa shape index (κ2) is 5.93. The lowest BCUT2D eigenvalue weighted by molar-refractivity contribution is 0.0744. The minimum absolute atomic E-state index is 0.000903. The van der Waals surface area contributed by atoms with Gasteiger partial charge < -0.3 is 4.90 Å². The molecule has 0 unspecified atom stereocenters. The van der Waals surface area contributed by atoms with E-state index >= 15 is 0 Å². The third-order valence-corrected chi connectivity index (χ3v) is 4.32. The molecule has 0 aromatic heterocycles. The number of benzene rings is 1. The first-order valence-corrected chi connectivity index (χ1v) is 8.64. The first kappa shape index (κ1) is 17.9. The first-order chi connectivity index (χ1) is 9.33. The van der Waals surface area contributed by atoms with Crippen LogP contribution in [0, 0.1) is 18.2 Å². The third-order valence-electron chi connectivity index (χ3n) is 2.88. The molecule has 0 aliphatic heterocycles. The maximum atomic E-state index is 13.6. The topological polar surface area (TPSA) is 54.5 Å². The van der Waals surface area contributed by atoms with Gasteiger partial charge in [0.15, 0.2) is 0 Å². The molecule has 0 heterocycles. The summed E-state index contributed by atoms with van der Waals surface area (Å²) in [5.41, 5.74) is 0.0191. The van der Waals surface area contributed by atoms with Crippen molar-refractivity contribution >= 4 is 25.6 Å². The van der Waals surface area contributed by atoms with E-state index in [4.69, 9.17) is 10.7 Å². The van der Waals surface area contributed by atoms with Crippen LogP contribution in [-0.2, 0) is 9.05 Å². The zero-order valence-corrected chi connectivity index (χ0v) is 14.3. The predicted molar refractivity (Wildman–Crippen MR) is 80.6 cm³/mol. The van der Waals surface area contributed by atoms with Crippen molar-refractivity contribution in [2.24, 2.45) is 5.41 Å². The molecule has 1 rings (SSSR count). The summed E-state index contributed by atoms with van der Waals surface area (Å²) in [6, 6.07) is 1.85. The quantitative estimate of drug-likeness (QED) is 0.797. The second-order valence-corrected chi connectivity index (χ2v) is 8.77. The standard InChI is InChI=1S/C14H19ClFNO3S/c1-9-11(13(18)17(5)8-14(2,3)4)6-10(16)7-12(9)21(15,19)20/h6-7H,8H2,1-5H3. The lowest BCUT2D eigenvalue weighted by atomic mass is 9.95. The summed E-state index contributed by atoms with van der Waals surface area (Å²) in [6.07, 6.45) is 0. The highest BCUT2D eigenvalue weighted by atomic mass is 35.7. The minimum atomic E-state index is -4.11. The molecule has 0 aliphatic carbocycles. The van der Waals surface area contributed by atoms with Crippen molar-refractivity contribution in [2.75, 3.05) is 13.6 Å². The van der Waals surface area contributed by atoms with Crippen molar-refractivity contribution < 1.29 is 17.6 Å². The fourth-order valence-electron chi connectivity index (χ4n) is 2.12. The Kier molecular flexibility index (Phi) is 5.05. The molecule has 7 heteroatoms. The van der Waals surface area contributed by atoms with Crippen LogP contribution in [0.4, 0.5) is 4.39 Å². The van der Waals surface area contributed by atoms with E-state index in [-0.39, 0.29) is 21.4 Å². The van der Waals surface area contributed by atoms with Crippen LogP contribution in [0.5, 0.6) is 0 Å². The van der Waals surface area contributed by atoms with E-state index in [1.54, 1.807) is 7.05 Å². The van der Waals surface area contributed by atoms with Crippen LogP contribution in [0.3, 0.4) is 0 Å². The summed E-state index contributed by atoms with van der Waals surface area (Å²) < 4.78 is 36.5. The van der Waals surface area contributed by atoms with E-state index in [2.05, 4.69) is 0 Å². The summed E-state index contributed by atoms with van der Waals surface area (Å²) in [5.74, 6) is -1.25. The van der Waals surface area contributed by atoms with Gasteiger partial charge in [-0.05, 0) is 30.0 Å². The normalized spacial score (nSPS) is 12.3. The van der Waals surface area contributed by atoms with E-state index < -0.39 is 20.8 Å². The lowest BCUT2D eigenvalue weighted by Crippen LogP contribution is -2.35. The van der Waals surface area contributed by atoms with E-state index in [0.29, 0.717) is 6.54 Å². The van der Waals surface area contributed by atoms with Crippen LogP contribution >= 0.6 is 10.7 Å². The molecule has 1 amide bonds. The van der Waals surface area contributed by atoms with Gasteiger partial charge in [-0.1, -0.05) is 20.8 Å². The van der Waals surface area contributed by atoms with Gasteiger partial charge in [0.05, 0.1) is 4.90 Å². The minimum Gasteiger partial charge on any atom is -0.341 e. The van der Waals surface area contributed by atoms with Crippen molar-refractivity contribution in [1.29, 1.82) is 0 Å². The molecule has 1 aromatic rings. The van der Waals surface area contributed by atoms with Gasteiger partial charge in [0.25, 0.3) is 15.0 Å². The Morgan fingerprint density at radius 3 is 2.29 bits per heavy atom. The van der Waals surface area contributed by atoms with Crippen molar-refractivity contribution in [3.05, 3.63) is 29.1 Å². The molecule has 0 N–H and O–H groups in total. The molecule has 4 nitrogen and oxygen atoms in total. The molecule has 0 fully saturated rings. The number of hydrogen-bond donors (Lipinski definition) is 0. The maximum absolute atomic E-state index is 13.6. The molecule has 0 saturated carbocycles. The SMILES string of the molecule is Cc1c(C(=O)N(C)CC(C)(C)C)cc(F)cc1S(=O)(=O)Cl. The van der Waals surface area contributed by atoms with Crippen molar-refractivity contribution in [3.63, 3.8) is 0 Å². The van der Waals surface area contributed by atoms with Crippen LogP contribution in [0.25, 0.3) is 0 Å². The van der Waals surface area contributed by atoms with Crippen molar-refractivity contribution in [1.82, 2.24) is 4.90 Å². The number of hydrogen-bond acceptors (Lipinski definition) is 3. The average Bonchev–Trinajstić information content (AvgIpc) is 2.27. The number of halogens is 2. The molecule has 118 valence electrons. The molecule has 0 atom stereocenters. The number of carbonyl (C=O) groups is 1. The molecule has 0 radical (unpaired) electrons. The fourth-order valence-corrected chi connectivity index (χ4v) is 3.33. The van der Waals surface area contributed by atoms with Gasteiger partial charge in [0.2, 0.25) is 0 Å². The fraction of sp³-hybridized carbons (Fsp3) is 0.500. The van der Waals surface area contributed by atoms with Gasteiger partial charge in [0.1, 0.15) is 5.82 Å². The highest BCUT2D eigenvalue weighted by molar-refractivity contribution is 8.13. The number of amides is 1. The summed E-state index contributed by atoms with van der Waals surface area (Å²) in [4.78, 5) is 13.5. The highest BCUT2D eigenvalue weighted by Crippen LogP contribution is 2.25. The summed E-state index contributed by atoms with van der Waals surface area (Å²) in [5, 5.41) is 0. The van der Waals surface area contributed by atoms with Gasteiger partial charge in [-0.3, -0.25) is 4.79 Å². The van der Waals surface area contributed by atoms with Gasteiger partial charge in [-0.15, -0.1) is 0 Å². The number of nitrogens with zero attached hydrogens (tertiary/aromatic N) is 1.